The molecule has 10 nitrogen and oxygen atoms in total. The summed E-state index contributed by atoms with van der Waals surface area (Å²) in [5.41, 5.74) is 4.55. The quantitative estimate of drug-likeness (QED) is 0.262. The van der Waals surface area contributed by atoms with Crippen LogP contribution >= 0.6 is 0 Å². The molecule has 6 rings (SSSR count). The highest BCUT2D eigenvalue weighted by Crippen LogP contribution is 2.24. The topological polar surface area (TPSA) is 130 Å². The van der Waals surface area contributed by atoms with E-state index in [1.54, 1.807) is 18.0 Å². The lowest BCUT2D eigenvalue weighted by Gasteiger charge is -2.34. The zero-order chi connectivity index (χ0) is 35.7. The molecule has 10 heteroatoms. The third kappa shape index (κ3) is 9.31. The fourth-order valence-electron chi connectivity index (χ4n) is 6.93. The highest BCUT2D eigenvalue weighted by Gasteiger charge is 2.33. The van der Waals surface area contributed by atoms with Gasteiger partial charge in [-0.2, -0.15) is 0 Å². The van der Waals surface area contributed by atoms with E-state index in [2.05, 4.69) is 20.9 Å². The van der Waals surface area contributed by atoms with E-state index in [-0.39, 0.29) is 36.6 Å². The summed E-state index contributed by atoms with van der Waals surface area (Å²) in [7, 11) is 0. The van der Waals surface area contributed by atoms with Gasteiger partial charge in [0.1, 0.15) is 17.8 Å². The summed E-state index contributed by atoms with van der Waals surface area (Å²) in [6, 6.07) is 23.0. The summed E-state index contributed by atoms with van der Waals surface area (Å²) in [6.45, 7) is 5.68. The molecule has 0 aliphatic carbocycles. The molecular weight excluding hydrogens is 642 g/mol. The first kappa shape index (κ1) is 35.6. The van der Waals surface area contributed by atoms with Crippen LogP contribution in [0, 0.1) is 12.8 Å². The number of hydrogen-bond donors (Lipinski definition) is 3. The Morgan fingerprint density at radius 1 is 1.00 bits per heavy atom. The van der Waals surface area contributed by atoms with E-state index >= 15 is 0 Å². The fourth-order valence-corrected chi connectivity index (χ4v) is 6.93. The Morgan fingerprint density at radius 3 is 2.69 bits per heavy atom. The van der Waals surface area contributed by atoms with Crippen LogP contribution in [-0.4, -0.2) is 65.3 Å². The molecule has 2 aliphatic rings. The maximum Gasteiger partial charge on any atom is 0.243 e. The molecule has 3 heterocycles. The van der Waals surface area contributed by atoms with Crippen molar-refractivity contribution in [3.63, 3.8) is 0 Å². The molecule has 0 radical (unpaired) electrons. The van der Waals surface area contributed by atoms with Crippen LogP contribution in [0.4, 0.5) is 0 Å². The van der Waals surface area contributed by atoms with Gasteiger partial charge >= 0.3 is 0 Å². The molecule has 3 aromatic carbocycles. The molecule has 3 N–H and O–H groups in total. The number of nitrogens with zero attached hydrogens (tertiary/aromatic N) is 2. The first-order valence-corrected chi connectivity index (χ1v) is 18.0. The molecule has 0 saturated carbocycles. The van der Waals surface area contributed by atoms with E-state index in [9.17, 15) is 19.2 Å². The van der Waals surface area contributed by atoms with E-state index in [4.69, 9.17) is 4.74 Å². The van der Waals surface area contributed by atoms with Crippen molar-refractivity contribution >= 4 is 34.5 Å². The molecule has 1 saturated heterocycles. The second-order valence-electron chi connectivity index (χ2n) is 13.8. The molecule has 4 aromatic rings. The highest BCUT2D eigenvalue weighted by molar-refractivity contribution is 5.96. The number of piperidine rings is 1. The van der Waals surface area contributed by atoms with Gasteiger partial charge in [0, 0.05) is 31.2 Å². The summed E-state index contributed by atoms with van der Waals surface area (Å²) in [4.78, 5) is 61.7. The van der Waals surface area contributed by atoms with Gasteiger partial charge < -0.3 is 25.6 Å². The van der Waals surface area contributed by atoms with Crippen LogP contribution in [0.5, 0.6) is 5.75 Å². The van der Waals surface area contributed by atoms with Gasteiger partial charge in [-0.1, -0.05) is 48.5 Å². The van der Waals surface area contributed by atoms with Gasteiger partial charge in [-0.3, -0.25) is 24.2 Å². The Hall–Kier alpha value is -5.25. The van der Waals surface area contributed by atoms with Crippen LogP contribution in [0.15, 0.2) is 85.1 Å². The highest BCUT2D eigenvalue weighted by atomic mass is 16.5. The number of amides is 4. The standard InChI is InChI=1S/C41H47N5O5/c1-27-12-15-34-23-33(27)25-43-40(49)36(16-13-29-8-4-3-5-9-29)44-41(50)37(24-38(47)46-20-7-10-30(26-46)18-21-51-34)45-39(48)28(2)31-14-17-35-32(22-31)11-6-19-42-35/h3-6,8-9,11-12,14-15,17,19,22-23,28,30,36-37H,7,10,13,16,18,20-21,24-26H2,1-2H3,(H,43,49)(H,44,50)(H,45,48)/t28?,30?,36-,37-/m0/s1. The van der Waals surface area contributed by atoms with Crippen LogP contribution in [0.25, 0.3) is 10.9 Å². The largest absolute Gasteiger partial charge is 0.494 e. The smallest absolute Gasteiger partial charge is 0.243 e. The number of aromatic nitrogens is 1. The van der Waals surface area contributed by atoms with Gasteiger partial charge in [0.2, 0.25) is 23.6 Å². The molecule has 1 fully saturated rings. The van der Waals surface area contributed by atoms with Crippen molar-refractivity contribution in [1.82, 2.24) is 25.8 Å². The molecule has 51 heavy (non-hydrogen) atoms. The second kappa shape index (κ2) is 16.6. The summed E-state index contributed by atoms with van der Waals surface area (Å²) >= 11 is 0. The lowest BCUT2D eigenvalue weighted by molar-refractivity contribution is -0.138. The van der Waals surface area contributed by atoms with Crippen LogP contribution in [0.1, 0.15) is 67.2 Å². The Kier molecular flexibility index (Phi) is 11.6. The molecule has 1 aromatic heterocycles. The first-order chi connectivity index (χ1) is 24.7. The Bertz CT molecular complexity index is 1860. The summed E-state index contributed by atoms with van der Waals surface area (Å²) < 4.78 is 6.13. The average molecular weight is 690 g/mol. The number of rotatable bonds is 6. The van der Waals surface area contributed by atoms with Gasteiger partial charge in [-0.25, -0.2) is 0 Å². The number of hydrogen-bond acceptors (Lipinski definition) is 6. The number of fused-ring (bicyclic) bond motifs is 5. The third-order valence-electron chi connectivity index (χ3n) is 10.2. The predicted octanol–water partition coefficient (Wildman–Crippen LogP) is 4.98. The van der Waals surface area contributed by atoms with Crippen LogP contribution < -0.4 is 20.7 Å². The number of ether oxygens (including phenoxy) is 1. The lowest BCUT2D eigenvalue weighted by atomic mass is 9.94. The van der Waals surface area contributed by atoms with Gasteiger partial charge in [-0.05, 0) is 104 Å². The third-order valence-corrected chi connectivity index (χ3v) is 10.2. The van der Waals surface area contributed by atoms with Crippen LogP contribution in [0.3, 0.4) is 0 Å². The fraction of sp³-hybridized carbons (Fsp3) is 0.390. The van der Waals surface area contributed by atoms with Crippen molar-refractivity contribution in [2.24, 2.45) is 5.92 Å². The summed E-state index contributed by atoms with van der Waals surface area (Å²) in [5.74, 6) is -1.13. The van der Waals surface area contributed by atoms with E-state index in [0.29, 0.717) is 32.5 Å². The van der Waals surface area contributed by atoms with Gasteiger partial charge in [0.05, 0.1) is 24.5 Å². The lowest BCUT2D eigenvalue weighted by Crippen LogP contribution is -2.55. The van der Waals surface area contributed by atoms with Crippen LogP contribution in [-0.2, 0) is 32.1 Å². The minimum absolute atomic E-state index is 0.208. The molecule has 2 unspecified atom stereocenters. The Balaban J connectivity index is 1.27. The predicted molar refractivity (Wildman–Crippen MR) is 196 cm³/mol. The van der Waals surface area contributed by atoms with Crippen molar-refractivity contribution in [2.45, 2.75) is 76.9 Å². The van der Waals surface area contributed by atoms with E-state index in [1.807, 2.05) is 85.8 Å². The Morgan fingerprint density at radius 2 is 1.84 bits per heavy atom. The maximum atomic E-state index is 14.2. The minimum Gasteiger partial charge on any atom is -0.494 e. The molecule has 4 atom stereocenters. The van der Waals surface area contributed by atoms with E-state index in [1.165, 1.54) is 0 Å². The van der Waals surface area contributed by atoms with Crippen molar-refractivity contribution in [1.29, 1.82) is 0 Å². The zero-order valence-corrected chi connectivity index (χ0v) is 29.4. The van der Waals surface area contributed by atoms with Gasteiger partial charge in [0.15, 0.2) is 0 Å². The number of pyridine rings is 1. The van der Waals surface area contributed by atoms with Crippen molar-refractivity contribution in [2.75, 3.05) is 19.7 Å². The number of nitrogens with one attached hydrogen (secondary N) is 3. The van der Waals surface area contributed by atoms with Crippen molar-refractivity contribution in [3.8, 4) is 5.75 Å². The molecule has 4 bridgehead atoms. The number of carbonyl (C=O) groups excluding carboxylic acids is 4. The monoisotopic (exact) mass is 689 g/mol. The number of carbonyl (C=O) groups is 4. The normalized spacial score (nSPS) is 21.0. The number of benzene rings is 3. The minimum atomic E-state index is -1.18. The Labute approximate surface area is 299 Å². The zero-order valence-electron chi connectivity index (χ0n) is 29.4. The second-order valence-corrected chi connectivity index (χ2v) is 13.8. The van der Waals surface area contributed by atoms with Gasteiger partial charge in [-0.15, -0.1) is 0 Å². The molecular formula is C41H47N5O5. The van der Waals surface area contributed by atoms with Gasteiger partial charge in [0.25, 0.3) is 0 Å². The van der Waals surface area contributed by atoms with Crippen LogP contribution in [0.2, 0.25) is 0 Å². The SMILES string of the molecule is Cc1ccc2cc1CNC(=O)[C@H](CCc1ccccc1)NC(=O)[C@@H](NC(=O)C(C)c1ccc3ncccc3c1)CC(=O)N1CCCC(CCO2)C1. The first-order valence-electron chi connectivity index (χ1n) is 18.0. The molecule has 4 amide bonds. The van der Waals surface area contributed by atoms with Crippen molar-refractivity contribution in [3.05, 3.63) is 107 Å². The van der Waals surface area contributed by atoms with Crippen molar-refractivity contribution < 1.29 is 23.9 Å². The van der Waals surface area contributed by atoms with E-state index in [0.717, 1.165) is 58.2 Å². The molecule has 266 valence electrons. The number of aryl methyl sites for hydroxylation is 2. The average Bonchev–Trinajstić information content (AvgIpc) is 3.15. The maximum absolute atomic E-state index is 14.2. The molecule has 0 spiro atoms. The molecule has 2 aliphatic heterocycles. The summed E-state index contributed by atoms with van der Waals surface area (Å²) in [6.07, 6.45) is 4.99. The summed E-state index contributed by atoms with van der Waals surface area (Å²) in [5, 5.41) is 9.74. The van der Waals surface area contributed by atoms with E-state index < -0.39 is 23.9 Å².